The van der Waals surface area contributed by atoms with Gasteiger partial charge in [-0.2, -0.15) is 5.11 Å². The Bertz CT molecular complexity index is 879. The van der Waals surface area contributed by atoms with Gasteiger partial charge >= 0.3 is 0 Å². The molecule has 2 aromatic carbocycles. The van der Waals surface area contributed by atoms with Crippen LogP contribution in [0.5, 0.6) is 0 Å². The lowest BCUT2D eigenvalue weighted by molar-refractivity contribution is 0.835. The second-order valence-corrected chi connectivity index (χ2v) is 5.14. The lowest BCUT2D eigenvalue weighted by Gasteiger charge is -1.99. The van der Waals surface area contributed by atoms with Gasteiger partial charge in [0.1, 0.15) is 7.28 Å². The average molecular weight is 303 g/mol. The Hall–Kier alpha value is -2.89. The molecule has 0 bridgehead atoms. The second kappa shape index (κ2) is 6.48. The molecule has 1 heterocycles. The van der Waals surface area contributed by atoms with Crippen molar-refractivity contribution in [3.05, 3.63) is 70.6 Å². The highest BCUT2D eigenvalue weighted by atomic mass is 16.1. The van der Waals surface area contributed by atoms with Gasteiger partial charge in [0.25, 0.3) is 5.56 Å². The molecule has 0 fully saturated rings. The van der Waals surface area contributed by atoms with Crippen molar-refractivity contribution in [2.75, 3.05) is 0 Å². The number of hydrogen-bond donors (Lipinski definition) is 1. The van der Waals surface area contributed by atoms with Crippen LogP contribution in [0.15, 0.2) is 69.6 Å². The van der Waals surface area contributed by atoms with Crippen LogP contribution < -0.4 is 11.0 Å². The van der Waals surface area contributed by atoms with E-state index in [-0.39, 0.29) is 5.56 Å². The predicted octanol–water partition coefficient (Wildman–Crippen LogP) is 3.27. The summed E-state index contributed by atoms with van der Waals surface area (Å²) >= 11 is 0. The largest absolute Gasteiger partial charge is 0.299 e. The molecule has 0 unspecified atom stereocenters. The number of azo groups is 1. The summed E-state index contributed by atoms with van der Waals surface area (Å²) in [5, 5.41) is 11.3. The minimum atomic E-state index is -0.212. The number of nitrogens with zero attached hydrogens (tertiary/aromatic N) is 3. The fourth-order valence-corrected chi connectivity index (χ4v) is 2.26. The van der Waals surface area contributed by atoms with Gasteiger partial charge in [0.2, 0.25) is 0 Å². The van der Waals surface area contributed by atoms with Gasteiger partial charge in [-0.3, -0.25) is 9.89 Å². The first-order valence-electron chi connectivity index (χ1n) is 7.37. The highest BCUT2D eigenvalue weighted by molar-refractivity contribution is 6.51. The SMILES string of the molecule is C[B]c1ccc(N=Nc2c(C)[nH]n(-c3ccccc3)c2=O)cc1. The lowest BCUT2D eigenvalue weighted by Crippen LogP contribution is -2.13. The van der Waals surface area contributed by atoms with E-state index in [1.807, 2.05) is 75.6 Å². The van der Waals surface area contributed by atoms with E-state index in [0.29, 0.717) is 17.1 Å². The van der Waals surface area contributed by atoms with Crippen molar-refractivity contribution in [3.63, 3.8) is 0 Å². The summed E-state index contributed by atoms with van der Waals surface area (Å²) in [5.74, 6) is 0. The minimum Gasteiger partial charge on any atom is -0.293 e. The van der Waals surface area contributed by atoms with Crippen molar-refractivity contribution >= 4 is 24.1 Å². The fourth-order valence-electron chi connectivity index (χ4n) is 2.26. The van der Waals surface area contributed by atoms with Crippen LogP contribution in [0.25, 0.3) is 5.69 Å². The molecule has 0 aliphatic heterocycles. The summed E-state index contributed by atoms with van der Waals surface area (Å²) in [6, 6.07) is 17.0. The Morgan fingerprint density at radius 3 is 2.35 bits per heavy atom. The predicted molar refractivity (Wildman–Crippen MR) is 93.0 cm³/mol. The maximum atomic E-state index is 12.5. The summed E-state index contributed by atoms with van der Waals surface area (Å²) in [6.07, 6.45) is 0. The molecule has 23 heavy (non-hydrogen) atoms. The Labute approximate surface area is 134 Å². The zero-order valence-electron chi connectivity index (χ0n) is 13.0. The average Bonchev–Trinajstić information content (AvgIpc) is 2.88. The van der Waals surface area contributed by atoms with E-state index in [4.69, 9.17) is 0 Å². The van der Waals surface area contributed by atoms with E-state index in [2.05, 4.69) is 15.3 Å². The first-order chi connectivity index (χ1) is 11.2. The molecule has 1 aromatic heterocycles. The van der Waals surface area contributed by atoms with Gasteiger partial charge in [-0.15, -0.1) is 5.11 Å². The van der Waals surface area contributed by atoms with Gasteiger partial charge in [0.15, 0.2) is 5.69 Å². The normalized spacial score (nSPS) is 11.0. The summed E-state index contributed by atoms with van der Waals surface area (Å²) in [7, 11) is 2.01. The maximum absolute atomic E-state index is 12.5. The van der Waals surface area contributed by atoms with Crippen LogP contribution in [0.3, 0.4) is 0 Å². The van der Waals surface area contributed by atoms with Crippen LogP contribution in [0.1, 0.15) is 5.69 Å². The molecule has 1 radical (unpaired) electrons. The van der Waals surface area contributed by atoms with E-state index in [0.717, 1.165) is 11.2 Å². The smallest absolute Gasteiger partial charge is 0.293 e. The molecule has 0 aliphatic rings. The highest BCUT2D eigenvalue weighted by Crippen LogP contribution is 2.18. The summed E-state index contributed by atoms with van der Waals surface area (Å²) in [5.41, 5.74) is 3.39. The number of para-hydroxylation sites is 1. The summed E-state index contributed by atoms with van der Waals surface area (Å²) in [4.78, 5) is 12.5. The van der Waals surface area contributed by atoms with Gasteiger partial charge in [0.05, 0.1) is 17.1 Å². The highest BCUT2D eigenvalue weighted by Gasteiger charge is 2.11. The molecule has 0 aliphatic carbocycles. The van der Waals surface area contributed by atoms with E-state index in [1.54, 1.807) is 0 Å². The number of nitrogens with one attached hydrogen (secondary N) is 1. The van der Waals surface area contributed by atoms with E-state index >= 15 is 0 Å². The monoisotopic (exact) mass is 303 g/mol. The van der Waals surface area contributed by atoms with Gasteiger partial charge < -0.3 is 0 Å². The standard InChI is InChI=1S/C17H16BN4O/c1-12-16(20-19-14-10-8-13(18-2)9-11-14)17(23)22(21-12)15-6-4-3-5-7-15/h3-11,21H,1-2H3. The molecule has 3 aromatic rings. The van der Waals surface area contributed by atoms with Crippen LogP contribution in [-0.4, -0.2) is 17.1 Å². The molecule has 113 valence electrons. The molecule has 3 rings (SSSR count). The Kier molecular flexibility index (Phi) is 4.23. The van der Waals surface area contributed by atoms with Crippen molar-refractivity contribution in [2.45, 2.75) is 13.7 Å². The van der Waals surface area contributed by atoms with Crippen molar-refractivity contribution in [1.82, 2.24) is 9.78 Å². The topological polar surface area (TPSA) is 62.5 Å². The number of aromatic nitrogens is 2. The third-order valence-electron chi connectivity index (χ3n) is 3.55. The summed E-state index contributed by atoms with van der Waals surface area (Å²) < 4.78 is 1.47. The molecule has 6 heteroatoms. The summed E-state index contributed by atoms with van der Waals surface area (Å²) in [6.45, 7) is 3.79. The Balaban J connectivity index is 1.93. The van der Waals surface area contributed by atoms with Crippen LogP contribution in [-0.2, 0) is 0 Å². The van der Waals surface area contributed by atoms with Crippen LogP contribution in [0.2, 0.25) is 6.82 Å². The first kappa shape index (κ1) is 15.0. The molecule has 0 amide bonds. The lowest BCUT2D eigenvalue weighted by atomic mass is 9.73. The van der Waals surface area contributed by atoms with Crippen molar-refractivity contribution in [1.29, 1.82) is 0 Å². The third-order valence-corrected chi connectivity index (χ3v) is 3.55. The number of rotatable bonds is 4. The molecular weight excluding hydrogens is 287 g/mol. The van der Waals surface area contributed by atoms with Gasteiger partial charge in [-0.1, -0.05) is 42.6 Å². The second-order valence-electron chi connectivity index (χ2n) is 5.14. The van der Waals surface area contributed by atoms with Crippen LogP contribution in [0.4, 0.5) is 11.4 Å². The van der Waals surface area contributed by atoms with Gasteiger partial charge in [0, 0.05) is 0 Å². The molecule has 1 N–H and O–H groups in total. The minimum absolute atomic E-state index is 0.212. The number of aryl methyl sites for hydroxylation is 1. The number of aromatic amines is 1. The molecule has 0 atom stereocenters. The molecular formula is C17H16BN4O. The maximum Gasteiger partial charge on any atom is 0.299 e. The zero-order chi connectivity index (χ0) is 16.2. The van der Waals surface area contributed by atoms with Crippen LogP contribution >= 0.6 is 0 Å². The van der Waals surface area contributed by atoms with Crippen molar-refractivity contribution in [2.24, 2.45) is 10.2 Å². The van der Waals surface area contributed by atoms with E-state index in [9.17, 15) is 4.79 Å². The van der Waals surface area contributed by atoms with Crippen molar-refractivity contribution in [3.8, 4) is 5.69 Å². The van der Waals surface area contributed by atoms with E-state index in [1.165, 1.54) is 4.68 Å². The molecule has 0 spiro atoms. The number of hydrogen-bond acceptors (Lipinski definition) is 3. The fraction of sp³-hybridized carbons (Fsp3) is 0.118. The van der Waals surface area contributed by atoms with Gasteiger partial charge in [-0.05, 0) is 31.2 Å². The number of H-pyrrole nitrogens is 1. The third kappa shape index (κ3) is 3.16. The first-order valence-corrected chi connectivity index (χ1v) is 7.37. The zero-order valence-corrected chi connectivity index (χ0v) is 13.0. The quantitative estimate of drug-likeness (QED) is 0.583. The number of benzene rings is 2. The van der Waals surface area contributed by atoms with Gasteiger partial charge in [-0.25, -0.2) is 4.68 Å². The van der Waals surface area contributed by atoms with Crippen LogP contribution in [0, 0.1) is 6.92 Å². The Morgan fingerprint density at radius 1 is 1.00 bits per heavy atom. The van der Waals surface area contributed by atoms with Crippen molar-refractivity contribution < 1.29 is 0 Å². The molecule has 0 saturated heterocycles. The Morgan fingerprint density at radius 2 is 1.70 bits per heavy atom. The molecule has 5 nitrogen and oxygen atoms in total. The van der Waals surface area contributed by atoms with E-state index < -0.39 is 0 Å². The molecule has 0 saturated carbocycles.